The summed E-state index contributed by atoms with van der Waals surface area (Å²) in [6, 6.07) is 13.5. The predicted octanol–water partition coefficient (Wildman–Crippen LogP) is 3.39. The van der Waals surface area contributed by atoms with Crippen molar-refractivity contribution < 1.29 is 8.42 Å². The van der Waals surface area contributed by atoms with Gasteiger partial charge in [0.05, 0.1) is 4.90 Å². The third kappa shape index (κ3) is 3.03. The Bertz CT molecular complexity index is 1050. The molecule has 0 unspecified atom stereocenters. The molecule has 1 aliphatic heterocycles. The van der Waals surface area contributed by atoms with Crippen molar-refractivity contribution in [3.8, 4) is 11.3 Å². The molecule has 1 aromatic heterocycles. The lowest BCUT2D eigenvalue weighted by Crippen LogP contribution is -2.19. The van der Waals surface area contributed by atoms with Crippen LogP contribution in [0.2, 0.25) is 0 Å². The molecule has 0 spiro atoms. The Morgan fingerprint density at radius 1 is 1.04 bits per heavy atom. The maximum Gasteiger partial charge on any atom is 0.238 e. The number of hydrogen-bond acceptors (Lipinski definition) is 3. The molecule has 130 valence electrons. The van der Waals surface area contributed by atoms with Crippen LogP contribution in [-0.2, 0) is 10.0 Å². The summed E-state index contributed by atoms with van der Waals surface area (Å²) in [6.45, 7) is 4.03. The molecule has 0 bridgehead atoms. The van der Waals surface area contributed by atoms with E-state index in [0.717, 1.165) is 53.8 Å². The Hall–Kier alpha value is -2.31. The number of fused-ring (bicyclic) bond motifs is 1. The first-order chi connectivity index (χ1) is 11.9. The van der Waals surface area contributed by atoms with Crippen molar-refractivity contribution in [3.63, 3.8) is 0 Å². The number of nitrogens with two attached hydrogens (primary N) is 1. The van der Waals surface area contributed by atoms with E-state index in [1.165, 1.54) is 5.56 Å². The number of aromatic nitrogens is 1. The van der Waals surface area contributed by atoms with Gasteiger partial charge in [0.25, 0.3) is 0 Å². The third-order valence-electron chi connectivity index (χ3n) is 4.81. The molecule has 2 heterocycles. The minimum Gasteiger partial charge on any atom is -0.371 e. The molecule has 0 atom stereocenters. The summed E-state index contributed by atoms with van der Waals surface area (Å²) in [5.41, 5.74) is 5.06. The minimum absolute atomic E-state index is 0.139. The van der Waals surface area contributed by atoms with Gasteiger partial charge in [-0.05, 0) is 55.7 Å². The van der Waals surface area contributed by atoms with Gasteiger partial charge in [0.1, 0.15) is 0 Å². The average Bonchev–Trinajstić information content (AvgIpc) is 3.22. The van der Waals surface area contributed by atoms with Gasteiger partial charge in [0.2, 0.25) is 10.0 Å². The molecule has 4 rings (SSSR count). The van der Waals surface area contributed by atoms with E-state index in [2.05, 4.69) is 41.1 Å². The fourth-order valence-electron chi connectivity index (χ4n) is 3.53. The molecule has 0 saturated carbocycles. The zero-order valence-corrected chi connectivity index (χ0v) is 14.9. The number of primary sulfonamides is 1. The van der Waals surface area contributed by atoms with Crippen LogP contribution in [0.1, 0.15) is 18.4 Å². The first-order valence-corrected chi connectivity index (χ1v) is 9.98. The number of H-pyrrole nitrogens is 1. The minimum atomic E-state index is -3.74. The van der Waals surface area contributed by atoms with E-state index >= 15 is 0 Å². The van der Waals surface area contributed by atoms with Gasteiger partial charge in [-0.1, -0.05) is 12.1 Å². The second-order valence-electron chi connectivity index (χ2n) is 6.69. The topological polar surface area (TPSA) is 79.2 Å². The van der Waals surface area contributed by atoms with E-state index in [-0.39, 0.29) is 4.90 Å². The Morgan fingerprint density at radius 2 is 1.80 bits per heavy atom. The maximum absolute atomic E-state index is 11.8. The number of nitrogens with zero attached hydrogens (tertiary/aromatic N) is 1. The molecule has 1 saturated heterocycles. The number of benzene rings is 2. The maximum atomic E-state index is 11.8. The molecule has 6 heteroatoms. The van der Waals surface area contributed by atoms with Crippen LogP contribution in [0.25, 0.3) is 22.2 Å². The van der Waals surface area contributed by atoms with E-state index < -0.39 is 10.0 Å². The van der Waals surface area contributed by atoms with Gasteiger partial charge in [-0.15, -0.1) is 0 Å². The summed E-state index contributed by atoms with van der Waals surface area (Å²) in [5.74, 6) is 0. The van der Waals surface area contributed by atoms with Crippen molar-refractivity contribution in [2.24, 2.45) is 5.14 Å². The number of aryl methyl sites for hydroxylation is 1. The number of nitrogens with one attached hydrogen (secondary N) is 1. The first-order valence-electron chi connectivity index (χ1n) is 8.43. The molecule has 2 aromatic carbocycles. The molecule has 1 aliphatic rings. The largest absolute Gasteiger partial charge is 0.371 e. The molecule has 0 aliphatic carbocycles. The lowest BCUT2D eigenvalue weighted by molar-refractivity contribution is 0.598. The van der Waals surface area contributed by atoms with E-state index in [4.69, 9.17) is 5.14 Å². The second-order valence-corrected chi connectivity index (χ2v) is 8.25. The van der Waals surface area contributed by atoms with E-state index in [0.29, 0.717) is 0 Å². The SMILES string of the molecule is Cc1ccc2cc(-c3cc(S(N)(=O)=O)ccc3N3CCCC3)[nH]c2c1. The Balaban J connectivity index is 1.92. The molecule has 3 aromatic rings. The fourth-order valence-corrected chi connectivity index (χ4v) is 4.07. The van der Waals surface area contributed by atoms with Crippen LogP contribution < -0.4 is 10.0 Å². The second kappa shape index (κ2) is 5.89. The lowest BCUT2D eigenvalue weighted by atomic mass is 10.1. The van der Waals surface area contributed by atoms with Gasteiger partial charge >= 0.3 is 0 Å². The first kappa shape index (κ1) is 16.2. The quantitative estimate of drug-likeness (QED) is 0.756. The fraction of sp³-hybridized carbons (Fsp3) is 0.263. The standard InChI is InChI=1S/C19H21N3O2S/c1-13-4-5-14-11-18(21-17(14)10-13)16-12-15(25(20,23)24)6-7-19(16)22-8-2-3-9-22/h4-7,10-12,21H,2-3,8-9H2,1H3,(H2,20,23,24). The molecule has 0 radical (unpaired) electrons. The van der Waals surface area contributed by atoms with Gasteiger partial charge in [0.15, 0.2) is 0 Å². The van der Waals surface area contributed by atoms with Crippen LogP contribution in [-0.4, -0.2) is 26.5 Å². The highest BCUT2D eigenvalue weighted by atomic mass is 32.2. The normalized spacial score (nSPS) is 15.2. The van der Waals surface area contributed by atoms with Crippen LogP contribution >= 0.6 is 0 Å². The van der Waals surface area contributed by atoms with Crippen LogP contribution in [0.4, 0.5) is 5.69 Å². The molecule has 5 nitrogen and oxygen atoms in total. The van der Waals surface area contributed by atoms with Crippen molar-refractivity contribution in [3.05, 3.63) is 48.0 Å². The highest BCUT2D eigenvalue weighted by Gasteiger charge is 2.20. The van der Waals surface area contributed by atoms with Gasteiger partial charge in [-0.2, -0.15) is 0 Å². The van der Waals surface area contributed by atoms with E-state index in [9.17, 15) is 8.42 Å². The van der Waals surface area contributed by atoms with Crippen LogP contribution in [0, 0.1) is 6.92 Å². The van der Waals surface area contributed by atoms with Crippen LogP contribution in [0.3, 0.4) is 0 Å². The molecular formula is C19H21N3O2S. The van der Waals surface area contributed by atoms with E-state index in [1.54, 1.807) is 12.1 Å². The summed E-state index contributed by atoms with van der Waals surface area (Å²) in [7, 11) is -3.74. The van der Waals surface area contributed by atoms with Gasteiger partial charge in [-0.25, -0.2) is 13.6 Å². The number of rotatable bonds is 3. The highest BCUT2D eigenvalue weighted by Crippen LogP contribution is 2.35. The Kier molecular flexibility index (Phi) is 3.81. The number of anilines is 1. The summed E-state index contributed by atoms with van der Waals surface area (Å²) < 4.78 is 23.6. The Labute approximate surface area is 147 Å². The summed E-state index contributed by atoms with van der Waals surface area (Å²) in [6.07, 6.45) is 2.31. The lowest BCUT2D eigenvalue weighted by Gasteiger charge is -2.21. The predicted molar refractivity (Wildman–Crippen MR) is 101 cm³/mol. The van der Waals surface area contributed by atoms with Crippen LogP contribution in [0.5, 0.6) is 0 Å². The summed E-state index contributed by atoms with van der Waals surface area (Å²) in [4.78, 5) is 5.88. The van der Waals surface area contributed by atoms with Crippen molar-refractivity contribution in [1.82, 2.24) is 4.98 Å². The number of hydrogen-bond donors (Lipinski definition) is 2. The smallest absolute Gasteiger partial charge is 0.238 e. The molecule has 0 amide bonds. The van der Waals surface area contributed by atoms with Crippen LogP contribution in [0.15, 0.2) is 47.4 Å². The summed E-state index contributed by atoms with van der Waals surface area (Å²) >= 11 is 0. The van der Waals surface area contributed by atoms with Crippen molar-refractivity contribution >= 4 is 26.6 Å². The molecular weight excluding hydrogens is 334 g/mol. The van der Waals surface area contributed by atoms with Crippen molar-refractivity contribution in [2.45, 2.75) is 24.7 Å². The van der Waals surface area contributed by atoms with Crippen molar-refractivity contribution in [2.75, 3.05) is 18.0 Å². The average molecular weight is 355 g/mol. The van der Waals surface area contributed by atoms with Crippen molar-refractivity contribution in [1.29, 1.82) is 0 Å². The van der Waals surface area contributed by atoms with Gasteiger partial charge < -0.3 is 9.88 Å². The Morgan fingerprint density at radius 3 is 2.52 bits per heavy atom. The van der Waals surface area contributed by atoms with Gasteiger partial charge in [-0.3, -0.25) is 0 Å². The van der Waals surface area contributed by atoms with Gasteiger partial charge in [0, 0.05) is 40.9 Å². The summed E-state index contributed by atoms with van der Waals surface area (Å²) in [5, 5.41) is 6.46. The third-order valence-corrected chi connectivity index (χ3v) is 5.72. The molecule has 1 fully saturated rings. The monoisotopic (exact) mass is 355 g/mol. The number of sulfonamides is 1. The molecule has 3 N–H and O–H groups in total. The highest BCUT2D eigenvalue weighted by molar-refractivity contribution is 7.89. The molecule has 25 heavy (non-hydrogen) atoms. The van der Waals surface area contributed by atoms with E-state index in [1.807, 2.05) is 6.07 Å². The number of aromatic amines is 1. The zero-order chi connectivity index (χ0) is 17.6. The zero-order valence-electron chi connectivity index (χ0n) is 14.1.